The Balaban J connectivity index is 1.86. The summed E-state index contributed by atoms with van der Waals surface area (Å²) in [5.41, 5.74) is 1.16. The number of halogens is 2. The SMILES string of the molecule is CNCC1(Cc2ccc(Br)cc2F)CC2CCC1C2. The van der Waals surface area contributed by atoms with Crippen molar-refractivity contribution in [1.29, 1.82) is 0 Å². The topological polar surface area (TPSA) is 12.0 Å². The Morgan fingerprint density at radius 3 is 2.84 bits per heavy atom. The van der Waals surface area contributed by atoms with Crippen LogP contribution >= 0.6 is 15.9 Å². The number of hydrogen-bond acceptors (Lipinski definition) is 1. The van der Waals surface area contributed by atoms with E-state index >= 15 is 0 Å². The molecule has 1 N–H and O–H groups in total. The predicted octanol–water partition coefficient (Wildman–Crippen LogP) is 4.16. The summed E-state index contributed by atoms with van der Waals surface area (Å²) >= 11 is 3.33. The van der Waals surface area contributed by atoms with Gasteiger partial charge in [0.2, 0.25) is 0 Å². The van der Waals surface area contributed by atoms with Crippen LogP contribution in [0.5, 0.6) is 0 Å². The van der Waals surface area contributed by atoms with Crippen molar-refractivity contribution < 1.29 is 4.39 Å². The van der Waals surface area contributed by atoms with E-state index < -0.39 is 0 Å². The van der Waals surface area contributed by atoms with Crippen molar-refractivity contribution in [3.8, 4) is 0 Å². The maximum atomic E-state index is 14.1. The quantitative estimate of drug-likeness (QED) is 0.876. The molecular weight excluding hydrogens is 305 g/mol. The summed E-state index contributed by atoms with van der Waals surface area (Å²) in [5, 5.41) is 3.35. The van der Waals surface area contributed by atoms with Crippen LogP contribution in [0, 0.1) is 23.1 Å². The third-order valence-corrected chi connectivity index (χ3v) is 5.68. The summed E-state index contributed by atoms with van der Waals surface area (Å²) in [4.78, 5) is 0. The lowest BCUT2D eigenvalue weighted by atomic mass is 9.69. The van der Waals surface area contributed by atoms with Crippen molar-refractivity contribution in [3.63, 3.8) is 0 Å². The molecule has 104 valence electrons. The van der Waals surface area contributed by atoms with Crippen LogP contribution in [0.4, 0.5) is 4.39 Å². The molecule has 0 saturated heterocycles. The largest absolute Gasteiger partial charge is 0.319 e. The van der Waals surface area contributed by atoms with E-state index in [1.165, 1.54) is 25.7 Å². The van der Waals surface area contributed by atoms with Gasteiger partial charge in [0.15, 0.2) is 0 Å². The second-order valence-electron chi connectivity index (χ2n) is 6.39. The van der Waals surface area contributed by atoms with Crippen LogP contribution in [-0.2, 0) is 6.42 Å². The zero-order chi connectivity index (χ0) is 13.5. The lowest BCUT2D eigenvalue weighted by Gasteiger charge is -2.38. The predicted molar refractivity (Wildman–Crippen MR) is 79.6 cm³/mol. The van der Waals surface area contributed by atoms with Gasteiger partial charge in [-0.05, 0) is 67.7 Å². The minimum absolute atomic E-state index is 0.0624. The summed E-state index contributed by atoms with van der Waals surface area (Å²) in [6, 6.07) is 5.50. The Morgan fingerprint density at radius 2 is 2.26 bits per heavy atom. The molecule has 0 amide bonds. The second kappa shape index (κ2) is 5.17. The number of rotatable bonds is 4. The zero-order valence-electron chi connectivity index (χ0n) is 11.4. The molecule has 0 radical (unpaired) electrons. The standard InChI is InChI=1S/C16H21BrFN/c1-19-10-16(8-11-2-4-13(16)6-11)9-12-3-5-14(17)7-15(12)18/h3,5,7,11,13,19H,2,4,6,8-10H2,1H3. The monoisotopic (exact) mass is 325 g/mol. The lowest BCUT2D eigenvalue weighted by molar-refractivity contribution is 0.158. The first-order valence-corrected chi connectivity index (χ1v) is 8.01. The number of hydrogen-bond donors (Lipinski definition) is 1. The lowest BCUT2D eigenvalue weighted by Crippen LogP contribution is -2.39. The van der Waals surface area contributed by atoms with Crippen LogP contribution in [0.15, 0.2) is 22.7 Å². The van der Waals surface area contributed by atoms with Gasteiger partial charge in [0, 0.05) is 11.0 Å². The van der Waals surface area contributed by atoms with Crippen LogP contribution in [0.25, 0.3) is 0 Å². The van der Waals surface area contributed by atoms with Crippen LogP contribution in [-0.4, -0.2) is 13.6 Å². The fourth-order valence-corrected chi connectivity index (χ4v) is 4.78. The highest BCUT2D eigenvalue weighted by molar-refractivity contribution is 9.10. The average Bonchev–Trinajstić information content (AvgIpc) is 2.94. The maximum Gasteiger partial charge on any atom is 0.127 e. The number of benzene rings is 1. The van der Waals surface area contributed by atoms with Crippen molar-refractivity contribution >= 4 is 15.9 Å². The molecule has 0 heterocycles. The molecule has 19 heavy (non-hydrogen) atoms. The average molecular weight is 326 g/mol. The van der Waals surface area contributed by atoms with E-state index in [2.05, 4.69) is 21.2 Å². The van der Waals surface area contributed by atoms with Crippen molar-refractivity contribution in [3.05, 3.63) is 34.1 Å². The molecular formula is C16H21BrFN. The van der Waals surface area contributed by atoms with Crippen LogP contribution in [0.2, 0.25) is 0 Å². The van der Waals surface area contributed by atoms with E-state index in [4.69, 9.17) is 0 Å². The normalized spacial score (nSPS) is 33.0. The molecule has 2 aliphatic carbocycles. The maximum absolute atomic E-state index is 14.1. The van der Waals surface area contributed by atoms with Gasteiger partial charge in [0.05, 0.1) is 0 Å². The molecule has 2 fully saturated rings. The summed E-state index contributed by atoms with van der Waals surface area (Å²) < 4.78 is 14.9. The fraction of sp³-hybridized carbons (Fsp3) is 0.625. The Labute approximate surface area is 123 Å². The highest BCUT2D eigenvalue weighted by atomic mass is 79.9. The highest BCUT2D eigenvalue weighted by Gasteiger charge is 2.50. The molecule has 1 aromatic carbocycles. The molecule has 1 aromatic rings. The van der Waals surface area contributed by atoms with Crippen LogP contribution in [0.3, 0.4) is 0 Å². The molecule has 0 spiro atoms. The van der Waals surface area contributed by atoms with Gasteiger partial charge < -0.3 is 5.32 Å². The van der Waals surface area contributed by atoms with E-state index in [0.717, 1.165) is 34.8 Å². The Kier molecular flexibility index (Phi) is 3.69. The van der Waals surface area contributed by atoms with Crippen molar-refractivity contribution in [2.75, 3.05) is 13.6 Å². The van der Waals surface area contributed by atoms with Crippen LogP contribution in [0.1, 0.15) is 31.2 Å². The fourth-order valence-electron chi connectivity index (χ4n) is 4.45. The summed E-state index contributed by atoms with van der Waals surface area (Å²) in [6.45, 7) is 1.02. The van der Waals surface area contributed by atoms with Crippen molar-refractivity contribution in [2.45, 2.75) is 32.1 Å². The van der Waals surface area contributed by atoms with E-state index in [0.29, 0.717) is 0 Å². The van der Waals surface area contributed by atoms with Gasteiger partial charge >= 0.3 is 0 Å². The Hall–Kier alpha value is -0.410. The van der Waals surface area contributed by atoms with Gasteiger partial charge in [-0.25, -0.2) is 4.39 Å². The Morgan fingerprint density at radius 1 is 1.42 bits per heavy atom. The molecule has 3 rings (SSSR count). The van der Waals surface area contributed by atoms with Crippen LogP contribution < -0.4 is 5.32 Å². The summed E-state index contributed by atoms with van der Waals surface area (Å²) in [7, 11) is 2.02. The van der Waals surface area contributed by atoms with Gasteiger partial charge in [0.25, 0.3) is 0 Å². The molecule has 3 atom stereocenters. The first-order valence-electron chi connectivity index (χ1n) is 7.21. The minimum atomic E-state index is -0.0624. The third-order valence-electron chi connectivity index (χ3n) is 5.19. The highest BCUT2D eigenvalue weighted by Crippen LogP contribution is 2.57. The molecule has 2 bridgehead atoms. The first-order chi connectivity index (χ1) is 9.13. The molecule has 3 unspecified atom stereocenters. The van der Waals surface area contributed by atoms with E-state index in [-0.39, 0.29) is 11.2 Å². The van der Waals surface area contributed by atoms with Gasteiger partial charge in [-0.3, -0.25) is 0 Å². The molecule has 0 aliphatic heterocycles. The molecule has 3 heteroatoms. The third kappa shape index (κ3) is 2.47. The second-order valence-corrected chi connectivity index (χ2v) is 7.30. The van der Waals surface area contributed by atoms with Gasteiger partial charge in [-0.1, -0.05) is 28.4 Å². The number of fused-ring (bicyclic) bond motifs is 2. The molecule has 2 aliphatic rings. The van der Waals surface area contributed by atoms with Gasteiger partial charge in [-0.15, -0.1) is 0 Å². The minimum Gasteiger partial charge on any atom is -0.319 e. The van der Waals surface area contributed by atoms with Gasteiger partial charge in [-0.2, -0.15) is 0 Å². The van der Waals surface area contributed by atoms with E-state index in [9.17, 15) is 4.39 Å². The smallest absolute Gasteiger partial charge is 0.127 e. The van der Waals surface area contributed by atoms with Gasteiger partial charge in [0.1, 0.15) is 5.82 Å². The summed E-state index contributed by atoms with van der Waals surface area (Å²) in [5.74, 6) is 1.61. The number of nitrogens with one attached hydrogen (secondary N) is 1. The molecule has 2 saturated carbocycles. The van der Waals surface area contributed by atoms with E-state index in [1.54, 1.807) is 6.07 Å². The Bertz CT molecular complexity index is 476. The van der Waals surface area contributed by atoms with Crippen molar-refractivity contribution in [1.82, 2.24) is 5.32 Å². The summed E-state index contributed by atoms with van der Waals surface area (Å²) in [6.07, 6.45) is 6.24. The van der Waals surface area contributed by atoms with E-state index in [1.807, 2.05) is 19.2 Å². The zero-order valence-corrected chi connectivity index (χ0v) is 13.0. The first kappa shape index (κ1) is 13.6. The molecule has 0 aromatic heterocycles. The molecule has 1 nitrogen and oxygen atoms in total. The van der Waals surface area contributed by atoms with Crippen molar-refractivity contribution in [2.24, 2.45) is 17.3 Å².